The molecule has 0 amide bonds. The third-order valence-corrected chi connectivity index (χ3v) is 7.95. The van der Waals surface area contributed by atoms with Crippen molar-refractivity contribution in [1.82, 2.24) is 0 Å². The average Bonchev–Trinajstić information content (AvgIpc) is 2.70. The van der Waals surface area contributed by atoms with E-state index in [4.69, 9.17) is 0 Å². The zero-order valence-corrected chi connectivity index (χ0v) is 13.4. The molecule has 0 aromatic carbocycles. The lowest BCUT2D eigenvalue weighted by molar-refractivity contribution is -0.0720. The Hall–Kier alpha value is -0.370. The monoisotopic (exact) mass is 292 g/mol. The van der Waals surface area contributed by atoms with Crippen molar-refractivity contribution in [2.75, 3.05) is 0 Å². The quantitative estimate of drug-likeness (QED) is 0.644. The van der Waals surface area contributed by atoms with Crippen molar-refractivity contribution >= 4 is 0 Å². The van der Waals surface area contributed by atoms with Crippen molar-refractivity contribution in [3.8, 4) is 0 Å². The minimum absolute atomic E-state index is 0.170. The van der Waals surface area contributed by atoms with Gasteiger partial charge in [-0.25, -0.2) is 4.39 Å². The summed E-state index contributed by atoms with van der Waals surface area (Å²) in [6.45, 7) is 4.64. The van der Waals surface area contributed by atoms with Gasteiger partial charge >= 0.3 is 0 Å². The number of hydrogen-bond acceptors (Lipinski definition) is 1. The molecular weight excluding hydrogens is 263 g/mol. The summed E-state index contributed by atoms with van der Waals surface area (Å²) in [7, 11) is 0. The largest absolute Gasteiger partial charge is 0.390 e. The third kappa shape index (κ3) is 1.77. The summed E-state index contributed by atoms with van der Waals surface area (Å²) < 4.78 is 14.2. The van der Waals surface area contributed by atoms with Crippen LogP contribution in [0.4, 0.5) is 4.39 Å². The molecule has 2 heteroatoms. The number of halogens is 1. The number of alkyl halides is 1. The van der Waals surface area contributed by atoms with Gasteiger partial charge in [0.25, 0.3) is 0 Å². The zero-order chi connectivity index (χ0) is 14.8. The number of allylic oxidation sites excluding steroid dienone is 2. The van der Waals surface area contributed by atoms with Gasteiger partial charge in [-0.2, -0.15) is 0 Å². The maximum atomic E-state index is 14.2. The Morgan fingerprint density at radius 2 is 2.00 bits per heavy atom. The molecule has 0 heterocycles. The lowest BCUT2D eigenvalue weighted by atomic mass is 9.48. The van der Waals surface area contributed by atoms with E-state index >= 15 is 0 Å². The summed E-state index contributed by atoms with van der Waals surface area (Å²) in [6, 6.07) is 0. The van der Waals surface area contributed by atoms with Crippen LogP contribution >= 0.6 is 0 Å². The molecule has 21 heavy (non-hydrogen) atoms. The van der Waals surface area contributed by atoms with Crippen LogP contribution in [0.5, 0.6) is 0 Å². The Morgan fingerprint density at radius 1 is 1.19 bits per heavy atom. The Kier molecular flexibility index (Phi) is 3.10. The van der Waals surface area contributed by atoms with Crippen molar-refractivity contribution in [2.24, 2.45) is 28.6 Å². The number of aliphatic hydroxyl groups is 1. The van der Waals surface area contributed by atoms with E-state index in [9.17, 15) is 9.50 Å². The standard InChI is InChI=1S/C19H29FO/c1-18-9-4-3-5-12(18)6-7-13-14(18)8-10-19(2)15(13)11-16(20)17(19)21/h6,13-17,21H,3-5,7-11H2,1-2H3/t13-,14+,15+,16-,17+,18+,19+/m1/s1. The topological polar surface area (TPSA) is 20.2 Å². The predicted molar refractivity (Wildman–Crippen MR) is 82.6 cm³/mol. The summed E-state index contributed by atoms with van der Waals surface area (Å²) in [5.74, 6) is 1.72. The van der Waals surface area contributed by atoms with E-state index in [1.807, 2.05) is 0 Å². The third-order valence-electron chi connectivity index (χ3n) is 7.95. The molecule has 0 spiro atoms. The smallest absolute Gasteiger partial charge is 0.127 e. The predicted octanol–water partition coefficient (Wildman–Crippen LogP) is 4.65. The van der Waals surface area contributed by atoms with E-state index in [-0.39, 0.29) is 5.41 Å². The van der Waals surface area contributed by atoms with Crippen LogP contribution in [-0.4, -0.2) is 17.4 Å². The van der Waals surface area contributed by atoms with Gasteiger partial charge in [0, 0.05) is 0 Å². The van der Waals surface area contributed by atoms with Gasteiger partial charge in [0.15, 0.2) is 0 Å². The highest BCUT2D eigenvalue weighted by Gasteiger charge is 2.60. The molecule has 0 radical (unpaired) electrons. The second-order valence-corrected chi connectivity index (χ2v) is 8.71. The van der Waals surface area contributed by atoms with E-state index in [1.54, 1.807) is 5.57 Å². The number of fused-ring (bicyclic) bond motifs is 5. The van der Waals surface area contributed by atoms with Crippen molar-refractivity contribution in [3.63, 3.8) is 0 Å². The molecule has 0 unspecified atom stereocenters. The maximum absolute atomic E-state index is 14.2. The molecule has 0 aromatic rings. The van der Waals surface area contributed by atoms with Crippen LogP contribution < -0.4 is 0 Å². The van der Waals surface area contributed by atoms with Crippen LogP contribution in [-0.2, 0) is 0 Å². The zero-order valence-electron chi connectivity index (χ0n) is 13.4. The van der Waals surface area contributed by atoms with E-state index in [0.29, 0.717) is 23.7 Å². The second-order valence-electron chi connectivity index (χ2n) is 8.71. The first-order chi connectivity index (χ1) is 9.97. The minimum atomic E-state index is -0.997. The first-order valence-electron chi connectivity index (χ1n) is 8.98. The minimum Gasteiger partial charge on any atom is -0.390 e. The number of rotatable bonds is 0. The molecule has 4 rings (SSSR count). The molecular formula is C19H29FO. The fourth-order valence-electron chi connectivity index (χ4n) is 6.64. The molecule has 0 aromatic heterocycles. The van der Waals surface area contributed by atoms with E-state index in [2.05, 4.69) is 19.9 Å². The lowest BCUT2D eigenvalue weighted by Gasteiger charge is -2.57. The second kappa shape index (κ2) is 4.57. The van der Waals surface area contributed by atoms with Gasteiger partial charge in [-0.05, 0) is 73.5 Å². The van der Waals surface area contributed by atoms with Gasteiger partial charge < -0.3 is 5.11 Å². The molecule has 0 saturated heterocycles. The van der Waals surface area contributed by atoms with Crippen LogP contribution in [0.3, 0.4) is 0 Å². The van der Waals surface area contributed by atoms with Crippen molar-refractivity contribution < 1.29 is 9.50 Å². The first-order valence-corrected chi connectivity index (χ1v) is 8.98. The highest BCUT2D eigenvalue weighted by molar-refractivity contribution is 5.24. The van der Waals surface area contributed by atoms with Crippen LogP contribution in [0.15, 0.2) is 11.6 Å². The van der Waals surface area contributed by atoms with Gasteiger partial charge in [0.1, 0.15) is 6.17 Å². The summed E-state index contributed by atoms with van der Waals surface area (Å²) in [6.07, 6.45) is 10.0. The van der Waals surface area contributed by atoms with Gasteiger partial charge in [-0.3, -0.25) is 0 Å². The van der Waals surface area contributed by atoms with Crippen molar-refractivity contribution in [1.29, 1.82) is 0 Å². The molecule has 7 atom stereocenters. The summed E-state index contributed by atoms with van der Waals surface area (Å²) >= 11 is 0. The van der Waals surface area contributed by atoms with Crippen LogP contribution in [0.2, 0.25) is 0 Å². The van der Waals surface area contributed by atoms with E-state index in [0.717, 1.165) is 18.8 Å². The molecule has 4 aliphatic rings. The van der Waals surface area contributed by atoms with E-state index < -0.39 is 12.3 Å². The molecule has 0 aliphatic heterocycles. The van der Waals surface area contributed by atoms with Gasteiger partial charge in [0.2, 0.25) is 0 Å². The van der Waals surface area contributed by atoms with E-state index in [1.165, 1.54) is 32.1 Å². The Balaban J connectivity index is 1.70. The lowest BCUT2D eigenvalue weighted by Crippen LogP contribution is -2.50. The van der Waals surface area contributed by atoms with Crippen LogP contribution in [0, 0.1) is 28.6 Å². The highest BCUT2D eigenvalue weighted by Crippen LogP contribution is 2.65. The summed E-state index contributed by atoms with van der Waals surface area (Å²) in [5.41, 5.74) is 1.91. The van der Waals surface area contributed by atoms with Gasteiger partial charge in [-0.1, -0.05) is 31.9 Å². The fourth-order valence-corrected chi connectivity index (χ4v) is 6.64. The Bertz CT molecular complexity index is 472. The Labute approximate surface area is 128 Å². The van der Waals surface area contributed by atoms with Crippen molar-refractivity contribution in [3.05, 3.63) is 11.6 Å². The fraction of sp³-hybridized carbons (Fsp3) is 0.895. The van der Waals surface area contributed by atoms with Gasteiger partial charge in [0.05, 0.1) is 6.10 Å². The Morgan fingerprint density at radius 3 is 2.81 bits per heavy atom. The van der Waals surface area contributed by atoms with Crippen LogP contribution in [0.1, 0.15) is 65.2 Å². The summed E-state index contributed by atoms with van der Waals surface area (Å²) in [5, 5.41) is 10.3. The average molecular weight is 292 g/mol. The molecule has 118 valence electrons. The van der Waals surface area contributed by atoms with Crippen molar-refractivity contribution in [2.45, 2.75) is 77.5 Å². The molecule has 4 aliphatic carbocycles. The summed E-state index contributed by atoms with van der Waals surface area (Å²) in [4.78, 5) is 0. The number of hydrogen-bond donors (Lipinski definition) is 1. The van der Waals surface area contributed by atoms with Crippen LogP contribution in [0.25, 0.3) is 0 Å². The molecule has 1 N–H and O–H groups in total. The first kappa shape index (κ1) is 14.2. The molecule has 1 nitrogen and oxygen atoms in total. The molecule has 0 bridgehead atoms. The molecule has 3 fully saturated rings. The SMILES string of the molecule is C[C@]12CC[C@H]3[C@@H](CC=C4CCCC[C@@]43C)[C@@H]1C[C@@H](F)[C@@H]2O. The molecule has 3 saturated carbocycles. The highest BCUT2D eigenvalue weighted by atomic mass is 19.1. The number of aliphatic hydroxyl groups excluding tert-OH is 1. The maximum Gasteiger partial charge on any atom is 0.127 e. The van der Waals surface area contributed by atoms with Gasteiger partial charge in [-0.15, -0.1) is 0 Å². The normalized spacial score (nSPS) is 56.2.